The molecule has 2 aromatic carbocycles. The van der Waals surface area contributed by atoms with Crippen LogP contribution >= 0.6 is 0 Å². The van der Waals surface area contributed by atoms with E-state index in [1.165, 1.54) is 0 Å². The summed E-state index contributed by atoms with van der Waals surface area (Å²) in [5, 5.41) is 0. The summed E-state index contributed by atoms with van der Waals surface area (Å²) in [4.78, 5) is 0. The molecule has 12 heteroatoms. The molecule has 0 N–H and O–H groups in total. The van der Waals surface area contributed by atoms with Crippen LogP contribution in [0.1, 0.15) is 75.3 Å². The van der Waals surface area contributed by atoms with Crippen LogP contribution in [0.4, 0.5) is 39.5 Å². The summed E-state index contributed by atoms with van der Waals surface area (Å²) in [7, 11) is 0. The molecule has 0 unspecified atom stereocenters. The van der Waals surface area contributed by atoms with E-state index >= 15 is 4.39 Å². The van der Waals surface area contributed by atoms with Crippen molar-refractivity contribution in [2.24, 2.45) is 17.8 Å². The van der Waals surface area contributed by atoms with E-state index in [0.29, 0.717) is 43.3 Å². The average molecular weight is 599 g/mol. The van der Waals surface area contributed by atoms with Crippen LogP contribution in [0.25, 0.3) is 0 Å². The fourth-order valence-corrected chi connectivity index (χ4v) is 6.13. The van der Waals surface area contributed by atoms with E-state index < -0.39 is 52.8 Å². The predicted octanol–water partition coefficient (Wildman–Crippen LogP) is 9.39. The van der Waals surface area contributed by atoms with Gasteiger partial charge in [-0.15, -0.1) is 13.2 Å². The molecular weight excluding hydrogens is 567 g/mol. The zero-order chi connectivity index (χ0) is 29.9. The van der Waals surface area contributed by atoms with Crippen LogP contribution in [0.5, 0.6) is 11.5 Å². The summed E-state index contributed by atoms with van der Waals surface area (Å²) < 4.78 is 137. The number of rotatable bonds is 9. The Kier molecular flexibility index (Phi) is 9.70. The highest BCUT2D eigenvalue weighted by atomic mass is 19.4. The number of hydrogen-bond acceptors (Lipinski definition) is 3. The molecule has 0 amide bonds. The average Bonchev–Trinajstić information content (AvgIpc) is 2.91. The fraction of sp³-hybridized carbons (Fsp3) is 0.586. The summed E-state index contributed by atoms with van der Waals surface area (Å²) in [6.07, 6.45) is -2.84. The van der Waals surface area contributed by atoms with Crippen molar-refractivity contribution in [1.82, 2.24) is 0 Å². The highest BCUT2D eigenvalue weighted by Gasteiger charge is 2.41. The van der Waals surface area contributed by atoms with Crippen LogP contribution in [0.15, 0.2) is 24.3 Å². The minimum atomic E-state index is -5.45. The standard InChI is InChI=1S/C29H31F9O3/c1-2-39-15-16-3-5-17(6-4-16)18-7-9-19(10-8-18)21-11-12-22(26(33)25(21)32)28(34,35)40-20-13-23(30)27(24(31)14-20)41-29(36,37)38/h11-14,16-19H,2-10,15H2,1H3. The third-order valence-corrected chi connectivity index (χ3v) is 8.19. The molecule has 2 fully saturated rings. The molecule has 4 rings (SSSR count). The summed E-state index contributed by atoms with van der Waals surface area (Å²) in [5.74, 6) is -9.18. The minimum Gasteiger partial charge on any atom is -0.429 e. The van der Waals surface area contributed by atoms with Crippen LogP contribution in [-0.2, 0) is 10.8 Å². The van der Waals surface area contributed by atoms with Gasteiger partial charge in [-0.05, 0) is 93.6 Å². The molecule has 0 aromatic heterocycles. The normalized spacial score (nSPS) is 23.9. The van der Waals surface area contributed by atoms with Gasteiger partial charge in [-0.3, -0.25) is 0 Å². The number of alkyl halides is 5. The van der Waals surface area contributed by atoms with E-state index in [0.717, 1.165) is 51.2 Å². The van der Waals surface area contributed by atoms with Gasteiger partial charge in [0.15, 0.2) is 23.3 Å². The van der Waals surface area contributed by atoms with E-state index in [1.54, 1.807) is 0 Å². The maximum atomic E-state index is 15.0. The van der Waals surface area contributed by atoms with E-state index in [9.17, 15) is 35.1 Å². The molecule has 2 aliphatic carbocycles. The molecule has 0 saturated heterocycles. The summed E-state index contributed by atoms with van der Waals surface area (Å²) in [6.45, 7) is 3.45. The molecule has 0 aliphatic heterocycles. The first-order valence-corrected chi connectivity index (χ1v) is 13.7. The van der Waals surface area contributed by atoms with Gasteiger partial charge < -0.3 is 14.2 Å². The van der Waals surface area contributed by atoms with Crippen LogP contribution in [0, 0.1) is 41.0 Å². The van der Waals surface area contributed by atoms with E-state index in [2.05, 4.69) is 9.47 Å². The topological polar surface area (TPSA) is 27.7 Å². The van der Waals surface area contributed by atoms with Crippen molar-refractivity contribution in [3.8, 4) is 11.5 Å². The Morgan fingerprint density at radius 2 is 1.29 bits per heavy atom. The van der Waals surface area contributed by atoms with Gasteiger partial charge in [0.25, 0.3) is 0 Å². The second-order valence-electron chi connectivity index (χ2n) is 10.8. The lowest BCUT2D eigenvalue weighted by Crippen LogP contribution is -2.27. The van der Waals surface area contributed by atoms with Crippen LogP contribution in [0.2, 0.25) is 0 Å². The van der Waals surface area contributed by atoms with Crippen molar-refractivity contribution in [3.63, 3.8) is 0 Å². The number of halogens is 9. The molecule has 0 atom stereocenters. The second kappa shape index (κ2) is 12.7. The Balaban J connectivity index is 1.40. The fourth-order valence-electron chi connectivity index (χ4n) is 6.13. The maximum Gasteiger partial charge on any atom is 0.573 e. The molecular formula is C29H31F9O3. The lowest BCUT2D eigenvalue weighted by Gasteiger charge is -2.38. The van der Waals surface area contributed by atoms with Gasteiger partial charge >= 0.3 is 12.5 Å². The minimum absolute atomic E-state index is 0.0184. The van der Waals surface area contributed by atoms with Crippen molar-refractivity contribution in [1.29, 1.82) is 0 Å². The Bertz CT molecular complexity index is 1160. The van der Waals surface area contributed by atoms with Crippen molar-refractivity contribution in [3.05, 3.63) is 58.7 Å². The molecule has 228 valence electrons. The first-order valence-electron chi connectivity index (χ1n) is 13.7. The smallest absolute Gasteiger partial charge is 0.429 e. The SMILES string of the molecule is CCOCC1CCC(C2CCC(c3ccc(C(F)(F)Oc4cc(F)c(OC(F)(F)F)c(F)c4)c(F)c3F)CC2)CC1. The number of hydrogen-bond donors (Lipinski definition) is 0. The third kappa shape index (κ3) is 7.61. The molecule has 2 saturated carbocycles. The highest BCUT2D eigenvalue weighted by Crippen LogP contribution is 2.45. The molecule has 3 nitrogen and oxygen atoms in total. The quantitative estimate of drug-likeness (QED) is 0.269. The van der Waals surface area contributed by atoms with E-state index in [1.807, 2.05) is 6.92 Å². The molecule has 2 aliphatic rings. The van der Waals surface area contributed by atoms with Gasteiger partial charge in [0.2, 0.25) is 5.75 Å². The van der Waals surface area contributed by atoms with Crippen molar-refractivity contribution in [2.45, 2.75) is 76.7 Å². The van der Waals surface area contributed by atoms with Crippen LogP contribution < -0.4 is 9.47 Å². The number of ether oxygens (including phenoxy) is 3. The van der Waals surface area contributed by atoms with Gasteiger partial charge in [-0.25, -0.2) is 17.6 Å². The lowest BCUT2D eigenvalue weighted by molar-refractivity contribution is -0.276. The van der Waals surface area contributed by atoms with Crippen LogP contribution in [-0.4, -0.2) is 19.6 Å². The zero-order valence-corrected chi connectivity index (χ0v) is 22.3. The molecule has 41 heavy (non-hydrogen) atoms. The van der Waals surface area contributed by atoms with Crippen molar-refractivity contribution in [2.75, 3.05) is 13.2 Å². The van der Waals surface area contributed by atoms with Crippen LogP contribution in [0.3, 0.4) is 0 Å². The maximum absolute atomic E-state index is 15.0. The number of benzene rings is 2. The van der Waals surface area contributed by atoms with Gasteiger partial charge in [0.1, 0.15) is 11.3 Å². The van der Waals surface area contributed by atoms with Gasteiger partial charge in [-0.2, -0.15) is 8.78 Å². The Labute approximate surface area is 232 Å². The monoisotopic (exact) mass is 598 g/mol. The predicted molar refractivity (Wildman–Crippen MR) is 131 cm³/mol. The Morgan fingerprint density at radius 1 is 0.732 bits per heavy atom. The summed E-state index contributed by atoms with van der Waals surface area (Å²) in [6, 6.07) is 1.74. The zero-order valence-electron chi connectivity index (χ0n) is 22.3. The van der Waals surface area contributed by atoms with Crippen molar-refractivity contribution < 1.29 is 53.7 Å². The van der Waals surface area contributed by atoms with Gasteiger partial charge in [0.05, 0.1) is 0 Å². The molecule has 0 radical (unpaired) electrons. The largest absolute Gasteiger partial charge is 0.573 e. The Hall–Kier alpha value is -2.63. The second-order valence-corrected chi connectivity index (χ2v) is 10.8. The Morgan fingerprint density at radius 3 is 1.83 bits per heavy atom. The highest BCUT2D eigenvalue weighted by molar-refractivity contribution is 5.37. The van der Waals surface area contributed by atoms with E-state index in [-0.39, 0.29) is 23.6 Å². The molecule has 0 spiro atoms. The first kappa shape index (κ1) is 31.3. The third-order valence-electron chi connectivity index (χ3n) is 8.19. The van der Waals surface area contributed by atoms with Crippen molar-refractivity contribution >= 4 is 0 Å². The van der Waals surface area contributed by atoms with E-state index in [4.69, 9.17) is 4.74 Å². The molecule has 0 heterocycles. The lowest BCUT2D eigenvalue weighted by atomic mass is 9.68. The molecule has 2 aromatic rings. The first-order chi connectivity index (χ1) is 19.3. The molecule has 0 bridgehead atoms. The van der Waals surface area contributed by atoms with Gasteiger partial charge in [-0.1, -0.05) is 6.07 Å². The summed E-state index contributed by atoms with van der Waals surface area (Å²) >= 11 is 0. The van der Waals surface area contributed by atoms with Gasteiger partial charge in [0, 0.05) is 25.3 Å². The summed E-state index contributed by atoms with van der Waals surface area (Å²) in [5.41, 5.74) is -1.56.